The van der Waals surface area contributed by atoms with Gasteiger partial charge in [0.25, 0.3) is 0 Å². The van der Waals surface area contributed by atoms with Gasteiger partial charge >= 0.3 is 6.03 Å². The molecule has 1 unspecified atom stereocenters. The van der Waals surface area contributed by atoms with Gasteiger partial charge in [-0.3, -0.25) is 0 Å². The molecular weight excluding hydrogens is 354 g/mol. The highest BCUT2D eigenvalue weighted by Crippen LogP contribution is 2.23. The molecule has 146 valence electrons. The molecule has 1 atom stereocenters. The molecule has 0 saturated carbocycles. The van der Waals surface area contributed by atoms with Crippen molar-refractivity contribution in [1.82, 2.24) is 9.21 Å². The maximum absolute atomic E-state index is 12.5. The number of carbonyl (C=O) groups excluding carboxylic acids is 1. The fourth-order valence-corrected chi connectivity index (χ4v) is 4.33. The highest BCUT2D eigenvalue weighted by molar-refractivity contribution is 7.89. The largest absolute Gasteiger partial charge is 0.369 e. The van der Waals surface area contributed by atoms with Gasteiger partial charge in [0.1, 0.15) is 0 Å². The van der Waals surface area contributed by atoms with Crippen LogP contribution in [0.1, 0.15) is 34.6 Å². The fourth-order valence-electron chi connectivity index (χ4n) is 2.97. The van der Waals surface area contributed by atoms with Gasteiger partial charge < -0.3 is 15.0 Å². The normalized spacial score (nSPS) is 20.5. The Hall–Kier alpha value is -1.64. The summed E-state index contributed by atoms with van der Waals surface area (Å²) in [6.07, 6.45) is -0.0383. The van der Waals surface area contributed by atoms with Gasteiger partial charge in [0.2, 0.25) is 10.0 Å². The first-order chi connectivity index (χ1) is 11.9. The van der Waals surface area contributed by atoms with Crippen LogP contribution in [0.5, 0.6) is 0 Å². The van der Waals surface area contributed by atoms with E-state index in [0.29, 0.717) is 18.8 Å². The van der Waals surface area contributed by atoms with Gasteiger partial charge in [0, 0.05) is 25.3 Å². The number of nitrogens with zero attached hydrogens (tertiary/aromatic N) is 2. The Morgan fingerprint density at radius 3 is 2.38 bits per heavy atom. The highest BCUT2D eigenvalue weighted by Gasteiger charge is 2.33. The summed E-state index contributed by atoms with van der Waals surface area (Å²) < 4.78 is 32.1. The number of ether oxygens (including phenoxy) is 1. The molecule has 8 heteroatoms. The van der Waals surface area contributed by atoms with Crippen LogP contribution < -0.4 is 5.32 Å². The monoisotopic (exact) mass is 383 g/mol. The minimum absolute atomic E-state index is 0.0383. The van der Waals surface area contributed by atoms with Gasteiger partial charge in [-0.05, 0) is 58.9 Å². The first-order valence-electron chi connectivity index (χ1n) is 8.74. The Labute approximate surface area is 156 Å². The van der Waals surface area contributed by atoms with Crippen LogP contribution in [0.15, 0.2) is 29.2 Å². The van der Waals surface area contributed by atoms with Crippen LogP contribution in [0, 0.1) is 0 Å². The number of morpholine rings is 1. The second kappa shape index (κ2) is 7.54. The molecule has 1 heterocycles. The number of anilines is 1. The van der Waals surface area contributed by atoms with Gasteiger partial charge in [0.15, 0.2) is 0 Å². The molecule has 0 aliphatic carbocycles. The van der Waals surface area contributed by atoms with Crippen molar-refractivity contribution in [2.45, 2.75) is 57.3 Å². The van der Waals surface area contributed by atoms with Crippen LogP contribution in [-0.2, 0) is 14.8 Å². The summed E-state index contributed by atoms with van der Waals surface area (Å²) in [6.45, 7) is 10.5. The number of nitrogens with one attached hydrogen (secondary N) is 1. The molecule has 0 spiro atoms. The number of hydrogen-bond acceptors (Lipinski definition) is 4. The molecule has 1 saturated heterocycles. The molecule has 1 aromatic rings. The van der Waals surface area contributed by atoms with Crippen LogP contribution in [0.25, 0.3) is 0 Å². The molecule has 0 bridgehead atoms. The zero-order valence-corrected chi connectivity index (χ0v) is 17.1. The lowest BCUT2D eigenvalue weighted by atomic mass is 10.1. The van der Waals surface area contributed by atoms with Gasteiger partial charge in [-0.1, -0.05) is 0 Å². The lowest BCUT2D eigenvalue weighted by Crippen LogP contribution is -2.54. The third-order valence-corrected chi connectivity index (χ3v) is 6.41. The van der Waals surface area contributed by atoms with Gasteiger partial charge in [0.05, 0.1) is 23.1 Å². The van der Waals surface area contributed by atoms with Gasteiger partial charge in [-0.2, -0.15) is 4.31 Å². The average Bonchev–Trinajstić information content (AvgIpc) is 2.52. The summed E-state index contributed by atoms with van der Waals surface area (Å²) in [4.78, 5) is 14.4. The number of amides is 2. The Kier molecular flexibility index (Phi) is 5.99. The van der Waals surface area contributed by atoms with Crippen molar-refractivity contribution in [3.63, 3.8) is 0 Å². The van der Waals surface area contributed by atoms with Crippen LogP contribution in [0.4, 0.5) is 10.5 Å². The highest BCUT2D eigenvalue weighted by atomic mass is 32.2. The number of sulfonamides is 1. The minimum atomic E-state index is -3.53. The molecule has 0 radical (unpaired) electrons. The van der Waals surface area contributed by atoms with E-state index in [1.54, 1.807) is 24.1 Å². The molecular formula is C18H29N3O4S. The SMILES string of the molecule is CC1CN(C(=O)Nc2ccc(S(=O)(=O)N(C)C(C)C)cc2)CC(C)(C)O1. The minimum Gasteiger partial charge on any atom is -0.369 e. The van der Waals surface area contributed by atoms with Gasteiger partial charge in [-0.25, -0.2) is 13.2 Å². The van der Waals surface area contributed by atoms with Gasteiger partial charge in [-0.15, -0.1) is 0 Å². The molecule has 2 amide bonds. The maximum atomic E-state index is 12.5. The molecule has 1 aliphatic rings. The van der Waals surface area contributed by atoms with Crippen molar-refractivity contribution < 1.29 is 17.9 Å². The van der Waals surface area contributed by atoms with E-state index in [9.17, 15) is 13.2 Å². The number of benzene rings is 1. The lowest BCUT2D eigenvalue weighted by Gasteiger charge is -2.41. The molecule has 1 aliphatic heterocycles. The second-order valence-electron chi connectivity index (χ2n) is 7.64. The zero-order valence-electron chi connectivity index (χ0n) is 16.3. The Morgan fingerprint density at radius 1 is 1.31 bits per heavy atom. The Balaban J connectivity index is 2.09. The predicted molar refractivity (Wildman–Crippen MR) is 102 cm³/mol. The van der Waals surface area contributed by atoms with Crippen molar-refractivity contribution in [2.24, 2.45) is 0 Å². The van der Waals surface area contributed by atoms with E-state index in [4.69, 9.17) is 4.74 Å². The van der Waals surface area contributed by atoms with E-state index in [0.717, 1.165) is 0 Å². The summed E-state index contributed by atoms with van der Waals surface area (Å²) in [6, 6.07) is 5.88. The van der Waals surface area contributed by atoms with Crippen molar-refractivity contribution >= 4 is 21.7 Å². The smallest absolute Gasteiger partial charge is 0.322 e. The van der Waals surface area contributed by atoms with Crippen LogP contribution in [-0.4, -0.2) is 61.5 Å². The molecule has 7 nitrogen and oxygen atoms in total. The molecule has 2 rings (SSSR count). The molecule has 1 N–H and O–H groups in total. The van der Waals surface area contributed by atoms with Crippen LogP contribution in [0.3, 0.4) is 0 Å². The Morgan fingerprint density at radius 2 is 1.88 bits per heavy atom. The quantitative estimate of drug-likeness (QED) is 0.867. The standard InChI is InChI=1S/C18H29N3O4S/c1-13(2)20(6)26(23,24)16-9-7-15(8-10-16)19-17(22)21-11-14(3)25-18(4,5)12-21/h7-10,13-14H,11-12H2,1-6H3,(H,19,22). The van der Waals surface area contributed by atoms with E-state index >= 15 is 0 Å². The summed E-state index contributed by atoms with van der Waals surface area (Å²) in [5.74, 6) is 0. The summed E-state index contributed by atoms with van der Waals surface area (Å²) >= 11 is 0. The van der Waals surface area contributed by atoms with Crippen molar-refractivity contribution in [2.75, 3.05) is 25.5 Å². The molecule has 26 heavy (non-hydrogen) atoms. The van der Waals surface area contributed by atoms with E-state index in [2.05, 4.69) is 5.32 Å². The van der Waals surface area contributed by atoms with E-state index in [-0.39, 0.29) is 23.1 Å². The van der Waals surface area contributed by atoms with Crippen molar-refractivity contribution in [3.8, 4) is 0 Å². The second-order valence-corrected chi connectivity index (χ2v) is 9.64. The molecule has 1 fully saturated rings. The van der Waals surface area contributed by atoms with Crippen molar-refractivity contribution in [1.29, 1.82) is 0 Å². The topological polar surface area (TPSA) is 79.0 Å². The lowest BCUT2D eigenvalue weighted by molar-refractivity contribution is -0.116. The molecule has 1 aromatic carbocycles. The van der Waals surface area contributed by atoms with E-state index in [1.165, 1.54) is 16.4 Å². The van der Waals surface area contributed by atoms with E-state index in [1.807, 2.05) is 34.6 Å². The van der Waals surface area contributed by atoms with E-state index < -0.39 is 15.6 Å². The zero-order chi connectivity index (χ0) is 19.7. The summed E-state index contributed by atoms with van der Waals surface area (Å²) in [5, 5.41) is 2.82. The van der Waals surface area contributed by atoms with Crippen molar-refractivity contribution in [3.05, 3.63) is 24.3 Å². The fraction of sp³-hybridized carbons (Fsp3) is 0.611. The number of rotatable bonds is 4. The maximum Gasteiger partial charge on any atom is 0.322 e. The Bertz CT molecular complexity index is 744. The number of carbonyl (C=O) groups is 1. The number of urea groups is 1. The number of hydrogen-bond donors (Lipinski definition) is 1. The molecule has 0 aromatic heterocycles. The summed E-state index contributed by atoms with van der Waals surface area (Å²) in [7, 11) is -1.98. The first-order valence-corrected chi connectivity index (χ1v) is 10.2. The van der Waals surface area contributed by atoms with Crippen LogP contribution >= 0.6 is 0 Å². The van der Waals surface area contributed by atoms with Crippen LogP contribution in [0.2, 0.25) is 0 Å². The average molecular weight is 384 g/mol. The third-order valence-electron chi connectivity index (χ3n) is 4.37. The summed E-state index contributed by atoms with van der Waals surface area (Å²) in [5.41, 5.74) is 0.159. The third kappa shape index (κ3) is 4.75. The first kappa shape index (κ1) is 20.7. The predicted octanol–water partition coefficient (Wildman–Crippen LogP) is 2.75.